The molecule has 0 amide bonds. The smallest absolute Gasteiger partial charge is 0.145 e. The second-order valence-electron chi connectivity index (χ2n) is 5.28. The number of benzene rings is 1. The number of rotatable bonds is 7. The van der Waals surface area contributed by atoms with Crippen molar-refractivity contribution in [1.82, 2.24) is 5.43 Å². The van der Waals surface area contributed by atoms with Crippen LogP contribution in [0.3, 0.4) is 0 Å². The maximum absolute atomic E-state index is 13.8. The van der Waals surface area contributed by atoms with Crippen molar-refractivity contribution < 1.29 is 9.13 Å². The van der Waals surface area contributed by atoms with Gasteiger partial charge >= 0.3 is 0 Å². The van der Waals surface area contributed by atoms with Gasteiger partial charge < -0.3 is 4.74 Å². The Bertz CT molecular complexity index is 412. The molecule has 1 aromatic rings. The summed E-state index contributed by atoms with van der Waals surface area (Å²) in [5, 5.41) is 0.144. The second kappa shape index (κ2) is 7.20. The van der Waals surface area contributed by atoms with Crippen LogP contribution in [0, 0.1) is 5.82 Å². The third kappa shape index (κ3) is 5.07. The molecule has 0 aromatic heterocycles. The summed E-state index contributed by atoms with van der Waals surface area (Å²) in [4.78, 5) is 0. The lowest BCUT2D eigenvalue weighted by Gasteiger charge is -2.25. The Hall–Kier alpha value is -0.680. The summed E-state index contributed by atoms with van der Waals surface area (Å²) in [7, 11) is 1.68. The molecule has 3 nitrogen and oxygen atoms in total. The van der Waals surface area contributed by atoms with Gasteiger partial charge in [-0.05, 0) is 44.7 Å². The second-order valence-corrected chi connectivity index (χ2v) is 5.69. The molecule has 5 heteroatoms. The molecule has 108 valence electrons. The highest BCUT2D eigenvalue weighted by Gasteiger charge is 2.20. The maximum Gasteiger partial charge on any atom is 0.145 e. The minimum Gasteiger partial charge on any atom is -0.379 e. The molecular formula is C14H22ClFN2O. The zero-order valence-corrected chi connectivity index (χ0v) is 12.4. The lowest BCUT2D eigenvalue weighted by atomic mass is 9.95. The minimum absolute atomic E-state index is 0.0117. The number of ether oxygens (including phenoxy) is 1. The summed E-state index contributed by atoms with van der Waals surface area (Å²) in [5.74, 6) is 5.17. The fourth-order valence-electron chi connectivity index (χ4n) is 1.84. The molecule has 0 heterocycles. The van der Waals surface area contributed by atoms with Gasteiger partial charge in [-0.1, -0.05) is 23.7 Å². The van der Waals surface area contributed by atoms with Gasteiger partial charge in [-0.15, -0.1) is 0 Å². The number of halogens is 2. The van der Waals surface area contributed by atoms with E-state index >= 15 is 0 Å². The Kier molecular flexibility index (Phi) is 6.20. The van der Waals surface area contributed by atoms with Crippen molar-refractivity contribution in [2.45, 2.75) is 44.8 Å². The molecule has 0 aliphatic carbocycles. The number of nitrogens with two attached hydrogens (primary N) is 1. The molecule has 3 N–H and O–H groups in total. The first-order valence-corrected chi connectivity index (χ1v) is 6.71. The fraction of sp³-hybridized carbons (Fsp3) is 0.571. The van der Waals surface area contributed by atoms with E-state index in [1.807, 2.05) is 13.8 Å². The summed E-state index contributed by atoms with van der Waals surface area (Å²) in [5.41, 5.74) is 3.10. The van der Waals surface area contributed by atoms with E-state index < -0.39 is 0 Å². The van der Waals surface area contributed by atoms with Gasteiger partial charge in [0.2, 0.25) is 0 Å². The maximum atomic E-state index is 13.8. The summed E-state index contributed by atoms with van der Waals surface area (Å²) in [6, 6.07) is 5.00. The van der Waals surface area contributed by atoms with E-state index in [4.69, 9.17) is 22.2 Å². The van der Waals surface area contributed by atoms with Crippen molar-refractivity contribution in [1.29, 1.82) is 0 Å². The van der Waals surface area contributed by atoms with Crippen LogP contribution in [0.25, 0.3) is 0 Å². The van der Waals surface area contributed by atoms with Crippen molar-refractivity contribution in [3.63, 3.8) is 0 Å². The van der Waals surface area contributed by atoms with Crippen LogP contribution in [0.2, 0.25) is 5.02 Å². The van der Waals surface area contributed by atoms with Crippen LogP contribution in [-0.2, 0) is 11.2 Å². The number of methoxy groups -OCH3 is 1. The largest absolute Gasteiger partial charge is 0.379 e. The van der Waals surface area contributed by atoms with E-state index in [1.54, 1.807) is 25.3 Å². The normalized spacial score (nSPS) is 13.6. The Morgan fingerprint density at radius 1 is 1.47 bits per heavy atom. The molecule has 0 saturated carbocycles. The van der Waals surface area contributed by atoms with Gasteiger partial charge in [-0.25, -0.2) is 4.39 Å². The summed E-state index contributed by atoms with van der Waals surface area (Å²) >= 11 is 5.77. The van der Waals surface area contributed by atoms with Crippen molar-refractivity contribution >= 4 is 11.6 Å². The van der Waals surface area contributed by atoms with Crippen LogP contribution < -0.4 is 11.3 Å². The van der Waals surface area contributed by atoms with Crippen LogP contribution in [-0.4, -0.2) is 18.8 Å². The fourth-order valence-corrected chi connectivity index (χ4v) is 2.03. The molecule has 1 aromatic carbocycles. The Balaban J connectivity index is 2.64. The zero-order valence-electron chi connectivity index (χ0n) is 11.7. The van der Waals surface area contributed by atoms with E-state index in [0.29, 0.717) is 12.0 Å². The Morgan fingerprint density at radius 2 is 2.16 bits per heavy atom. The van der Waals surface area contributed by atoms with Crippen LogP contribution in [0.5, 0.6) is 0 Å². The number of hydrogen-bond acceptors (Lipinski definition) is 3. The average molecular weight is 289 g/mol. The molecule has 19 heavy (non-hydrogen) atoms. The van der Waals surface area contributed by atoms with Crippen LogP contribution in [0.1, 0.15) is 32.3 Å². The van der Waals surface area contributed by atoms with Gasteiger partial charge in [0.15, 0.2) is 0 Å². The van der Waals surface area contributed by atoms with Gasteiger partial charge in [-0.2, -0.15) is 0 Å². The lowest BCUT2D eigenvalue weighted by Crippen LogP contribution is -2.38. The van der Waals surface area contributed by atoms with Crippen molar-refractivity contribution in [2.24, 2.45) is 5.84 Å². The van der Waals surface area contributed by atoms with Gasteiger partial charge in [-0.3, -0.25) is 11.3 Å². The highest BCUT2D eigenvalue weighted by atomic mass is 35.5. The standard InChI is InChI=1S/C14H22ClFN2O/c1-14(2,19-3)8-7-11(18-17)9-10-5-4-6-12(15)13(10)16/h4-6,11,18H,7-9,17H2,1-3H3. The molecule has 0 aliphatic heterocycles. The molecule has 1 rings (SSSR count). The highest BCUT2D eigenvalue weighted by Crippen LogP contribution is 2.22. The monoisotopic (exact) mass is 288 g/mol. The molecule has 1 atom stereocenters. The van der Waals surface area contributed by atoms with Crippen LogP contribution >= 0.6 is 11.6 Å². The predicted molar refractivity (Wildman–Crippen MR) is 76.5 cm³/mol. The minimum atomic E-state index is -0.365. The third-order valence-electron chi connectivity index (χ3n) is 3.38. The number of hydrazine groups is 1. The molecule has 0 saturated heterocycles. The van der Waals surface area contributed by atoms with Crippen LogP contribution in [0.15, 0.2) is 18.2 Å². The van der Waals surface area contributed by atoms with Gasteiger partial charge in [0.05, 0.1) is 10.6 Å². The molecule has 0 radical (unpaired) electrons. The van der Waals surface area contributed by atoms with E-state index in [0.717, 1.165) is 12.8 Å². The van der Waals surface area contributed by atoms with E-state index in [1.165, 1.54) is 0 Å². The topological polar surface area (TPSA) is 47.3 Å². The molecular weight excluding hydrogens is 267 g/mol. The first-order valence-electron chi connectivity index (χ1n) is 6.34. The number of hydrogen-bond donors (Lipinski definition) is 2. The Labute approximate surface area is 119 Å². The van der Waals surface area contributed by atoms with Gasteiger partial charge in [0, 0.05) is 13.2 Å². The van der Waals surface area contributed by atoms with Gasteiger partial charge in [0.1, 0.15) is 5.82 Å². The van der Waals surface area contributed by atoms with Crippen molar-refractivity contribution in [3.8, 4) is 0 Å². The van der Waals surface area contributed by atoms with E-state index in [-0.39, 0.29) is 22.5 Å². The molecule has 1 unspecified atom stereocenters. The summed E-state index contributed by atoms with van der Waals surface area (Å²) in [6.45, 7) is 4.03. The Morgan fingerprint density at radius 3 is 2.74 bits per heavy atom. The van der Waals surface area contributed by atoms with E-state index in [9.17, 15) is 4.39 Å². The predicted octanol–water partition coefficient (Wildman–Crippen LogP) is 3.06. The quantitative estimate of drug-likeness (QED) is 0.599. The zero-order chi connectivity index (χ0) is 14.5. The van der Waals surface area contributed by atoms with Crippen molar-refractivity contribution in [2.75, 3.05) is 7.11 Å². The average Bonchev–Trinajstić information content (AvgIpc) is 2.39. The first kappa shape index (κ1) is 16.4. The molecule has 0 spiro atoms. The number of nitrogens with one attached hydrogen (secondary N) is 1. The third-order valence-corrected chi connectivity index (χ3v) is 3.67. The van der Waals surface area contributed by atoms with Gasteiger partial charge in [0.25, 0.3) is 0 Å². The molecule has 0 bridgehead atoms. The molecule has 0 aliphatic rings. The lowest BCUT2D eigenvalue weighted by molar-refractivity contribution is 0.0117. The molecule has 0 fully saturated rings. The van der Waals surface area contributed by atoms with Crippen molar-refractivity contribution in [3.05, 3.63) is 34.6 Å². The van der Waals surface area contributed by atoms with Crippen LogP contribution in [0.4, 0.5) is 4.39 Å². The summed E-state index contributed by atoms with van der Waals surface area (Å²) in [6.07, 6.45) is 2.13. The highest BCUT2D eigenvalue weighted by molar-refractivity contribution is 6.30. The summed E-state index contributed by atoms with van der Waals surface area (Å²) < 4.78 is 19.2. The SMILES string of the molecule is COC(C)(C)CCC(Cc1cccc(Cl)c1F)NN. The first-order chi connectivity index (χ1) is 8.89. The van der Waals surface area contributed by atoms with E-state index in [2.05, 4.69) is 5.43 Å².